The number of hydrogen-bond acceptors (Lipinski definition) is 5. The number of alkyl halides is 3. The van der Waals surface area contributed by atoms with Crippen molar-refractivity contribution in [3.63, 3.8) is 0 Å². The maximum atomic E-state index is 12.4. The van der Waals surface area contributed by atoms with Crippen LogP contribution < -0.4 is 15.4 Å². The smallest absolute Gasteiger partial charge is 0.422 e. The molecule has 3 rings (SSSR count). The van der Waals surface area contributed by atoms with Gasteiger partial charge in [0.15, 0.2) is 6.61 Å². The molecule has 7 nitrogen and oxygen atoms in total. The summed E-state index contributed by atoms with van der Waals surface area (Å²) in [6, 6.07) is 5.62. The van der Waals surface area contributed by atoms with Gasteiger partial charge in [0.25, 0.3) is 5.91 Å². The van der Waals surface area contributed by atoms with E-state index in [0.717, 1.165) is 24.6 Å². The van der Waals surface area contributed by atoms with Gasteiger partial charge in [0.1, 0.15) is 5.82 Å². The Morgan fingerprint density at radius 1 is 1.27 bits per heavy atom. The number of pyridine rings is 2. The van der Waals surface area contributed by atoms with Crippen LogP contribution in [0, 0.1) is 12.8 Å². The van der Waals surface area contributed by atoms with Gasteiger partial charge >= 0.3 is 6.18 Å². The SMILES string of the molecule is Cc1cc(C(C)NC(=O)c2ccc(OCC(F)(F)F)nc2)cc(NC(=O)C2CC2)n1. The minimum absolute atomic E-state index is 0.0449. The van der Waals surface area contributed by atoms with Crippen LogP contribution in [-0.4, -0.2) is 34.6 Å². The summed E-state index contributed by atoms with van der Waals surface area (Å²) in [5.41, 5.74) is 1.61. The van der Waals surface area contributed by atoms with Gasteiger partial charge < -0.3 is 15.4 Å². The van der Waals surface area contributed by atoms with E-state index in [-0.39, 0.29) is 23.3 Å². The fourth-order valence-corrected chi connectivity index (χ4v) is 2.70. The van der Waals surface area contributed by atoms with Crippen LogP contribution in [0.3, 0.4) is 0 Å². The summed E-state index contributed by atoms with van der Waals surface area (Å²) in [7, 11) is 0. The Balaban J connectivity index is 1.62. The quantitative estimate of drug-likeness (QED) is 0.712. The molecule has 30 heavy (non-hydrogen) atoms. The van der Waals surface area contributed by atoms with E-state index in [1.807, 2.05) is 0 Å². The van der Waals surface area contributed by atoms with Gasteiger partial charge in [0.05, 0.1) is 11.6 Å². The van der Waals surface area contributed by atoms with Gasteiger partial charge in [-0.25, -0.2) is 9.97 Å². The van der Waals surface area contributed by atoms with Crippen LogP contribution in [0.4, 0.5) is 19.0 Å². The average Bonchev–Trinajstić information content (AvgIpc) is 3.51. The van der Waals surface area contributed by atoms with Crippen molar-refractivity contribution in [3.8, 4) is 5.88 Å². The molecule has 1 saturated carbocycles. The molecule has 0 bridgehead atoms. The highest BCUT2D eigenvalue weighted by Crippen LogP contribution is 2.30. The van der Waals surface area contributed by atoms with Crippen molar-refractivity contribution in [2.75, 3.05) is 11.9 Å². The lowest BCUT2D eigenvalue weighted by molar-refractivity contribution is -0.154. The number of carbonyl (C=O) groups is 2. The number of ether oxygens (including phenoxy) is 1. The van der Waals surface area contributed by atoms with Gasteiger partial charge in [-0.1, -0.05) is 0 Å². The molecule has 1 aliphatic carbocycles. The third-order valence-electron chi connectivity index (χ3n) is 4.41. The lowest BCUT2D eigenvalue weighted by Crippen LogP contribution is -2.27. The number of rotatable bonds is 7. The Hall–Kier alpha value is -3.17. The van der Waals surface area contributed by atoms with E-state index in [2.05, 4.69) is 25.3 Å². The van der Waals surface area contributed by atoms with Crippen LogP contribution in [0.5, 0.6) is 5.88 Å². The van der Waals surface area contributed by atoms with Gasteiger partial charge in [0.2, 0.25) is 11.8 Å². The summed E-state index contributed by atoms with van der Waals surface area (Å²) in [6.07, 6.45) is -1.56. The molecule has 0 saturated heterocycles. The van der Waals surface area contributed by atoms with E-state index in [4.69, 9.17) is 0 Å². The number of nitrogens with one attached hydrogen (secondary N) is 2. The van der Waals surface area contributed by atoms with Gasteiger partial charge in [-0.15, -0.1) is 0 Å². The molecule has 0 spiro atoms. The average molecular weight is 422 g/mol. The number of amides is 2. The molecule has 0 aliphatic heterocycles. The Morgan fingerprint density at radius 3 is 2.60 bits per heavy atom. The summed E-state index contributed by atoms with van der Waals surface area (Å²) >= 11 is 0. The molecule has 0 radical (unpaired) electrons. The molecule has 1 unspecified atom stereocenters. The summed E-state index contributed by atoms with van der Waals surface area (Å²) in [5, 5.41) is 5.58. The van der Waals surface area contributed by atoms with E-state index in [9.17, 15) is 22.8 Å². The normalized spacial score (nSPS) is 14.7. The van der Waals surface area contributed by atoms with Crippen molar-refractivity contribution < 1.29 is 27.5 Å². The molecule has 1 atom stereocenters. The van der Waals surface area contributed by atoms with E-state index in [1.54, 1.807) is 26.0 Å². The molecule has 10 heteroatoms. The largest absolute Gasteiger partial charge is 0.468 e. The van der Waals surface area contributed by atoms with E-state index in [0.29, 0.717) is 11.5 Å². The Morgan fingerprint density at radius 2 is 2.00 bits per heavy atom. The van der Waals surface area contributed by atoms with Crippen molar-refractivity contribution in [1.82, 2.24) is 15.3 Å². The third kappa shape index (κ3) is 6.16. The summed E-state index contributed by atoms with van der Waals surface area (Å²) in [6.45, 7) is 2.10. The first-order valence-electron chi connectivity index (χ1n) is 9.36. The maximum Gasteiger partial charge on any atom is 0.422 e. The Kier molecular flexibility index (Phi) is 6.23. The molecular weight excluding hydrogens is 401 g/mol. The lowest BCUT2D eigenvalue weighted by atomic mass is 10.1. The number of hydrogen-bond donors (Lipinski definition) is 2. The Bertz CT molecular complexity index is 928. The van der Waals surface area contributed by atoms with Crippen molar-refractivity contribution >= 4 is 17.6 Å². The standard InChI is InChI=1S/C20H21F3N4O3/c1-11-7-15(8-16(25-11)27-18(28)13-3-4-13)12(2)26-19(29)14-5-6-17(24-9-14)30-10-20(21,22)23/h5-9,12-13H,3-4,10H2,1-2H3,(H,26,29)(H,25,27,28). The molecule has 0 aromatic carbocycles. The van der Waals surface area contributed by atoms with Crippen molar-refractivity contribution in [2.45, 2.75) is 38.9 Å². The highest BCUT2D eigenvalue weighted by atomic mass is 19.4. The van der Waals surface area contributed by atoms with Crippen molar-refractivity contribution in [1.29, 1.82) is 0 Å². The van der Waals surface area contributed by atoms with Crippen molar-refractivity contribution in [3.05, 3.63) is 47.3 Å². The Labute approximate surface area is 171 Å². The zero-order valence-corrected chi connectivity index (χ0v) is 16.4. The van der Waals surface area contributed by atoms with E-state index < -0.39 is 24.7 Å². The molecule has 2 aromatic rings. The molecule has 160 valence electrons. The van der Waals surface area contributed by atoms with Crippen LogP contribution in [-0.2, 0) is 4.79 Å². The first-order chi connectivity index (χ1) is 14.1. The molecule has 2 aromatic heterocycles. The van der Waals surface area contributed by atoms with Gasteiger partial charge in [-0.05, 0) is 50.5 Å². The van der Waals surface area contributed by atoms with Gasteiger partial charge in [0, 0.05) is 23.9 Å². The minimum Gasteiger partial charge on any atom is -0.468 e. The van der Waals surface area contributed by atoms with Crippen LogP contribution in [0.15, 0.2) is 30.5 Å². The number of carbonyl (C=O) groups excluding carboxylic acids is 2. The highest BCUT2D eigenvalue weighted by molar-refractivity contribution is 5.94. The van der Waals surface area contributed by atoms with Crippen LogP contribution in [0.1, 0.15) is 47.4 Å². The zero-order valence-electron chi connectivity index (χ0n) is 16.4. The number of halogens is 3. The highest BCUT2D eigenvalue weighted by Gasteiger charge is 2.30. The van der Waals surface area contributed by atoms with Crippen LogP contribution in [0.25, 0.3) is 0 Å². The predicted molar refractivity (Wildman–Crippen MR) is 102 cm³/mol. The molecule has 2 amide bonds. The molecule has 2 heterocycles. The molecular formula is C20H21F3N4O3. The van der Waals surface area contributed by atoms with E-state index >= 15 is 0 Å². The summed E-state index contributed by atoms with van der Waals surface area (Å²) in [4.78, 5) is 32.4. The minimum atomic E-state index is -4.47. The third-order valence-corrected chi connectivity index (χ3v) is 4.41. The number of aryl methyl sites for hydroxylation is 1. The molecule has 2 N–H and O–H groups in total. The zero-order chi connectivity index (χ0) is 21.9. The second-order valence-electron chi connectivity index (χ2n) is 7.17. The lowest BCUT2D eigenvalue weighted by Gasteiger charge is -2.16. The van der Waals surface area contributed by atoms with Crippen LogP contribution in [0.2, 0.25) is 0 Å². The first kappa shape index (κ1) is 21.5. The monoisotopic (exact) mass is 422 g/mol. The second kappa shape index (κ2) is 8.68. The fourth-order valence-electron chi connectivity index (χ4n) is 2.70. The number of aromatic nitrogens is 2. The maximum absolute atomic E-state index is 12.4. The second-order valence-corrected chi connectivity index (χ2v) is 7.17. The number of anilines is 1. The van der Waals surface area contributed by atoms with E-state index in [1.165, 1.54) is 12.1 Å². The van der Waals surface area contributed by atoms with Crippen LogP contribution >= 0.6 is 0 Å². The predicted octanol–water partition coefficient (Wildman–Crippen LogP) is 3.57. The summed E-state index contributed by atoms with van der Waals surface area (Å²) < 4.78 is 41.1. The molecule has 1 aliphatic rings. The van der Waals surface area contributed by atoms with Gasteiger partial charge in [-0.2, -0.15) is 13.2 Å². The molecule has 1 fully saturated rings. The first-order valence-corrected chi connectivity index (χ1v) is 9.36. The fraction of sp³-hybridized carbons (Fsp3) is 0.400. The number of nitrogens with zero attached hydrogens (tertiary/aromatic N) is 2. The van der Waals surface area contributed by atoms with Gasteiger partial charge in [-0.3, -0.25) is 9.59 Å². The summed E-state index contributed by atoms with van der Waals surface area (Å²) in [5.74, 6) is -0.262. The topological polar surface area (TPSA) is 93.2 Å². The van der Waals surface area contributed by atoms with Crippen molar-refractivity contribution in [2.24, 2.45) is 5.92 Å².